The average molecular weight is 205 g/mol. The first-order chi connectivity index (χ1) is 6.56. The van der Waals surface area contributed by atoms with Gasteiger partial charge in [-0.05, 0) is 6.07 Å². The molecule has 0 fully saturated rings. The van der Waals surface area contributed by atoms with E-state index >= 15 is 0 Å². The second-order valence-electron chi connectivity index (χ2n) is 2.40. The number of carbonyl (C=O) groups excluding carboxylic acids is 1. The number of hydrogen-bond donors (Lipinski definition) is 0. The summed E-state index contributed by atoms with van der Waals surface area (Å²) in [6, 6.07) is 0.721. The predicted octanol–water partition coefficient (Wildman–Crippen LogP) is 1.94. The lowest BCUT2D eigenvalue weighted by atomic mass is 10.2. The van der Waals surface area contributed by atoms with Gasteiger partial charge in [-0.15, -0.1) is 0 Å². The van der Waals surface area contributed by atoms with Gasteiger partial charge >= 0.3 is 5.97 Å². The van der Waals surface area contributed by atoms with Gasteiger partial charge in [0.1, 0.15) is 0 Å². The number of pyridine rings is 1. The first-order valence-corrected chi connectivity index (χ1v) is 3.58. The molecule has 0 N–H and O–H groups in total. The maximum atomic E-state index is 12.6. The van der Waals surface area contributed by atoms with Crippen LogP contribution in [0.5, 0.6) is 0 Å². The van der Waals surface area contributed by atoms with Crippen LogP contribution in [0.1, 0.15) is 22.3 Å². The fourth-order valence-electron chi connectivity index (χ4n) is 0.848. The lowest BCUT2D eigenvalue weighted by Gasteiger charge is -2.03. The highest BCUT2D eigenvalue weighted by Gasteiger charge is 2.17. The summed E-state index contributed by atoms with van der Waals surface area (Å²) in [5.74, 6) is -2.12. The van der Waals surface area contributed by atoms with Gasteiger partial charge in [0.05, 0.1) is 18.2 Å². The number of aromatic nitrogens is 1. The molecule has 1 rings (SSSR count). The highest BCUT2D eigenvalue weighted by atomic mass is 19.3. The van der Waals surface area contributed by atoms with E-state index in [9.17, 15) is 18.0 Å². The molecule has 0 aromatic carbocycles. The molecule has 1 heterocycles. The van der Waals surface area contributed by atoms with Crippen molar-refractivity contribution in [3.05, 3.63) is 29.3 Å². The molecule has 14 heavy (non-hydrogen) atoms. The molecule has 76 valence electrons. The molecule has 0 bridgehead atoms. The molecule has 1 aromatic heterocycles. The standard InChI is InChI=1S/C8H6F3NO2/c1-14-8(13)4-2-5(6(9)10)7(11)12-3-4/h2-3,6H,1H3. The van der Waals surface area contributed by atoms with Crippen molar-refractivity contribution in [1.29, 1.82) is 0 Å². The number of rotatable bonds is 2. The summed E-state index contributed by atoms with van der Waals surface area (Å²) in [5, 5.41) is 0. The molecule has 0 unspecified atom stereocenters. The van der Waals surface area contributed by atoms with Crippen LogP contribution in [0.25, 0.3) is 0 Å². The van der Waals surface area contributed by atoms with Gasteiger partial charge in [-0.3, -0.25) is 0 Å². The molecule has 0 radical (unpaired) electrons. The molecule has 3 nitrogen and oxygen atoms in total. The zero-order valence-corrected chi connectivity index (χ0v) is 7.13. The van der Waals surface area contributed by atoms with Gasteiger partial charge in [0.15, 0.2) is 0 Å². The Balaban J connectivity index is 3.13. The average Bonchev–Trinajstić information content (AvgIpc) is 2.17. The fourth-order valence-corrected chi connectivity index (χ4v) is 0.848. The summed E-state index contributed by atoms with van der Waals surface area (Å²) in [4.78, 5) is 13.9. The minimum atomic E-state index is -3.01. The molecule has 0 atom stereocenters. The summed E-state index contributed by atoms with van der Waals surface area (Å²) in [5.41, 5.74) is -1.11. The van der Waals surface area contributed by atoms with Crippen LogP contribution in [0.2, 0.25) is 0 Å². The van der Waals surface area contributed by atoms with Crippen LogP contribution in [0, 0.1) is 5.95 Å². The van der Waals surface area contributed by atoms with Crippen LogP contribution in [0.3, 0.4) is 0 Å². The topological polar surface area (TPSA) is 39.2 Å². The van der Waals surface area contributed by atoms with Crippen molar-refractivity contribution in [2.45, 2.75) is 6.43 Å². The van der Waals surface area contributed by atoms with Gasteiger partial charge in [0.25, 0.3) is 6.43 Å². The summed E-state index contributed by atoms with van der Waals surface area (Å²) in [6.45, 7) is 0. The third-order valence-electron chi connectivity index (χ3n) is 1.52. The molecule has 1 aromatic rings. The Morgan fingerprint density at radius 2 is 2.21 bits per heavy atom. The summed E-state index contributed by atoms with van der Waals surface area (Å²) in [7, 11) is 1.09. The lowest BCUT2D eigenvalue weighted by Crippen LogP contribution is -2.05. The second kappa shape index (κ2) is 4.08. The van der Waals surface area contributed by atoms with Crippen molar-refractivity contribution in [3.8, 4) is 0 Å². The van der Waals surface area contributed by atoms with Crippen LogP contribution in [-0.2, 0) is 4.74 Å². The molecular formula is C8H6F3NO2. The van der Waals surface area contributed by atoms with Crippen LogP contribution >= 0.6 is 0 Å². The minimum Gasteiger partial charge on any atom is -0.465 e. The van der Waals surface area contributed by atoms with Crippen molar-refractivity contribution in [1.82, 2.24) is 4.98 Å². The number of carbonyl (C=O) groups is 1. The van der Waals surface area contributed by atoms with Crippen molar-refractivity contribution < 1.29 is 22.7 Å². The largest absolute Gasteiger partial charge is 0.465 e. The number of esters is 1. The van der Waals surface area contributed by atoms with Crippen LogP contribution < -0.4 is 0 Å². The maximum Gasteiger partial charge on any atom is 0.339 e. The Labute approximate surface area is 77.5 Å². The van der Waals surface area contributed by atoms with E-state index in [1.807, 2.05) is 0 Å². The van der Waals surface area contributed by atoms with Crippen LogP contribution in [0.4, 0.5) is 13.2 Å². The van der Waals surface area contributed by atoms with E-state index in [0.717, 1.165) is 19.4 Å². The van der Waals surface area contributed by atoms with E-state index in [4.69, 9.17) is 0 Å². The van der Waals surface area contributed by atoms with Crippen molar-refractivity contribution >= 4 is 5.97 Å². The Morgan fingerprint density at radius 3 is 2.71 bits per heavy atom. The summed E-state index contributed by atoms with van der Waals surface area (Å²) in [6.07, 6.45) is -2.17. The lowest BCUT2D eigenvalue weighted by molar-refractivity contribution is 0.0599. The first-order valence-electron chi connectivity index (χ1n) is 3.58. The zero-order chi connectivity index (χ0) is 10.7. The van der Waals surface area contributed by atoms with E-state index < -0.39 is 23.9 Å². The number of ether oxygens (including phenoxy) is 1. The Bertz CT molecular complexity index is 354. The molecular weight excluding hydrogens is 199 g/mol. The van der Waals surface area contributed by atoms with Crippen molar-refractivity contribution in [2.75, 3.05) is 7.11 Å². The number of methoxy groups -OCH3 is 1. The van der Waals surface area contributed by atoms with Gasteiger partial charge in [-0.25, -0.2) is 18.6 Å². The van der Waals surface area contributed by atoms with E-state index in [1.165, 1.54) is 0 Å². The highest BCUT2D eigenvalue weighted by Crippen LogP contribution is 2.21. The van der Waals surface area contributed by atoms with Gasteiger partial charge in [0, 0.05) is 6.20 Å². The predicted molar refractivity (Wildman–Crippen MR) is 40.5 cm³/mol. The van der Waals surface area contributed by atoms with Gasteiger partial charge < -0.3 is 4.74 Å². The number of alkyl halides is 2. The van der Waals surface area contributed by atoms with E-state index in [2.05, 4.69) is 9.72 Å². The zero-order valence-electron chi connectivity index (χ0n) is 7.13. The molecule has 0 saturated carbocycles. The first kappa shape index (κ1) is 10.5. The molecule has 0 amide bonds. The fraction of sp³-hybridized carbons (Fsp3) is 0.250. The minimum absolute atomic E-state index is 0.204. The monoisotopic (exact) mass is 205 g/mol. The maximum absolute atomic E-state index is 12.6. The number of hydrogen-bond acceptors (Lipinski definition) is 3. The third-order valence-corrected chi connectivity index (χ3v) is 1.52. The second-order valence-corrected chi connectivity index (χ2v) is 2.40. The van der Waals surface area contributed by atoms with Crippen molar-refractivity contribution in [3.63, 3.8) is 0 Å². The molecule has 0 aliphatic heterocycles. The number of halogens is 3. The molecule has 0 aliphatic rings. The summed E-state index contributed by atoms with van der Waals surface area (Å²) >= 11 is 0. The van der Waals surface area contributed by atoms with Gasteiger partial charge in [-0.1, -0.05) is 0 Å². The highest BCUT2D eigenvalue weighted by molar-refractivity contribution is 5.89. The normalized spacial score (nSPS) is 10.4. The quantitative estimate of drug-likeness (QED) is 0.547. The Hall–Kier alpha value is -1.59. The Kier molecular flexibility index (Phi) is 3.06. The molecule has 0 saturated heterocycles. The summed E-state index contributed by atoms with van der Waals surface area (Å²) < 4.78 is 41.2. The smallest absolute Gasteiger partial charge is 0.339 e. The molecule has 0 spiro atoms. The number of nitrogens with zero attached hydrogens (tertiary/aromatic N) is 1. The van der Waals surface area contributed by atoms with Crippen LogP contribution in [0.15, 0.2) is 12.3 Å². The van der Waals surface area contributed by atoms with E-state index in [-0.39, 0.29) is 5.56 Å². The van der Waals surface area contributed by atoms with E-state index in [0.29, 0.717) is 0 Å². The SMILES string of the molecule is COC(=O)c1cnc(F)c(C(F)F)c1. The van der Waals surface area contributed by atoms with Crippen LogP contribution in [-0.4, -0.2) is 18.1 Å². The van der Waals surface area contributed by atoms with Crippen molar-refractivity contribution in [2.24, 2.45) is 0 Å². The molecule has 6 heteroatoms. The van der Waals surface area contributed by atoms with E-state index in [1.54, 1.807) is 0 Å². The van der Waals surface area contributed by atoms with Gasteiger partial charge in [0.2, 0.25) is 5.95 Å². The molecule has 0 aliphatic carbocycles. The third kappa shape index (κ3) is 2.01. The Morgan fingerprint density at radius 1 is 1.57 bits per heavy atom. The van der Waals surface area contributed by atoms with Gasteiger partial charge in [-0.2, -0.15) is 4.39 Å².